The second-order valence-electron chi connectivity index (χ2n) is 2.98. The Balaban J connectivity index is 0.00000225. The molecule has 1 unspecified atom stereocenters. The first kappa shape index (κ1) is 16.1. The van der Waals surface area contributed by atoms with E-state index >= 15 is 0 Å². The minimum absolute atomic E-state index is 0. The van der Waals surface area contributed by atoms with Crippen LogP contribution in [0.1, 0.15) is 16.6 Å². The molecule has 0 aromatic heterocycles. The Bertz CT molecular complexity index is 431. The van der Waals surface area contributed by atoms with Crippen LogP contribution >= 0.6 is 0 Å². The first-order chi connectivity index (χ1) is 6.96. The molecule has 0 amide bonds. The second-order valence-corrected chi connectivity index (χ2v) is 4.41. The summed E-state index contributed by atoms with van der Waals surface area (Å²) in [5.74, 6) is 0. The summed E-state index contributed by atoms with van der Waals surface area (Å²) in [5.41, 5.74) is -1.50. The summed E-state index contributed by atoms with van der Waals surface area (Å²) >= 11 is 0. The standard InChI is InChI=1S/C9H12O5S.Na/c1-14-6-7-4-2-3-5-8(7)9(10)15(11,12)13;/h2-5,9-10H,6H2,1H3,(H,11,12,13);/q;+1/p-1. The van der Waals surface area contributed by atoms with E-state index in [2.05, 4.69) is 0 Å². The van der Waals surface area contributed by atoms with Crippen molar-refractivity contribution >= 4 is 10.1 Å². The molecule has 0 aliphatic carbocycles. The number of methoxy groups -OCH3 is 1. The zero-order valence-electron chi connectivity index (χ0n) is 9.08. The first-order valence-electron chi connectivity index (χ1n) is 4.16. The van der Waals surface area contributed by atoms with E-state index in [-0.39, 0.29) is 41.7 Å². The predicted octanol–water partition coefficient (Wildman–Crippen LogP) is -2.63. The molecule has 0 heterocycles. The molecule has 1 aromatic carbocycles. The molecule has 0 aliphatic heterocycles. The summed E-state index contributed by atoms with van der Waals surface area (Å²) in [4.78, 5) is 0. The van der Waals surface area contributed by atoms with Crippen LogP contribution in [0.2, 0.25) is 0 Å². The van der Waals surface area contributed by atoms with E-state index in [0.29, 0.717) is 5.56 Å². The van der Waals surface area contributed by atoms with Gasteiger partial charge in [0.1, 0.15) is 10.1 Å². The Morgan fingerprint density at radius 1 is 1.44 bits per heavy atom. The number of ether oxygens (including phenoxy) is 1. The quantitative estimate of drug-likeness (QED) is 0.469. The summed E-state index contributed by atoms with van der Waals surface area (Å²) in [6.45, 7) is 0.142. The molecule has 1 atom stereocenters. The van der Waals surface area contributed by atoms with E-state index in [0.717, 1.165) is 0 Å². The largest absolute Gasteiger partial charge is 1.00 e. The summed E-state index contributed by atoms with van der Waals surface area (Å²) in [6.07, 6.45) is 0. The normalized spacial score (nSPS) is 12.9. The molecule has 0 fully saturated rings. The molecule has 1 rings (SSSR count). The molecule has 84 valence electrons. The van der Waals surface area contributed by atoms with Crippen LogP contribution in [0.4, 0.5) is 0 Å². The van der Waals surface area contributed by atoms with Crippen LogP contribution in [0.15, 0.2) is 24.3 Å². The zero-order chi connectivity index (χ0) is 11.5. The van der Waals surface area contributed by atoms with Crippen molar-refractivity contribution in [3.05, 3.63) is 35.4 Å². The number of aliphatic hydroxyl groups is 1. The minimum atomic E-state index is -4.75. The third-order valence-electron chi connectivity index (χ3n) is 1.89. The smallest absolute Gasteiger partial charge is 0.746 e. The third-order valence-corrected chi connectivity index (χ3v) is 2.70. The molecular formula is C9H11NaO5S. The molecular weight excluding hydrogens is 243 g/mol. The van der Waals surface area contributed by atoms with Crippen LogP contribution in [0.3, 0.4) is 0 Å². The van der Waals surface area contributed by atoms with Crippen LogP contribution < -0.4 is 29.6 Å². The van der Waals surface area contributed by atoms with Gasteiger partial charge in [-0.15, -0.1) is 0 Å². The fraction of sp³-hybridized carbons (Fsp3) is 0.333. The number of hydrogen-bond donors (Lipinski definition) is 1. The third kappa shape index (κ3) is 4.14. The molecule has 0 bridgehead atoms. The topological polar surface area (TPSA) is 86.7 Å². The van der Waals surface area contributed by atoms with Crippen LogP contribution in [0.5, 0.6) is 0 Å². The van der Waals surface area contributed by atoms with Crippen molar-refractivity contribution in [2.24, 2.45) is 0 Å². The van der Waals surface area contributed by atoms with Crippen molar-refractivity contribution in [1.82, 2.24) is 0 Å². The van der Waals surface area contributed by atoms with Gasteiger partial charge in [0, 0.05) is 12.7 Å². The molecule has 0 saturated heterocycles. The average Bonchev–Trinajstić information content (AvgIpc) is 2.17. The van der Waals surface area contributed by atoms with E-state index in [1.807, 2.05) is 0 Å². The molecule has 1 N–H and O–H groups in total. The number of aliphatic hydroxyl groups excluding tert-OH is 1. The van der Waals surface area contributed by atoms with E-state index in [4.69, 9.17) is 4.74 Å². The Morgan fingerprint density at radius 3 is 2.50 bits per heavy atom. The summed E-state index contributed by atoms with van der Waals surface area (Å²) in [7, 11) is -3.31. The van der Waals surface area contributed by atoms with E-state index in [1.165, 1.54) is 13.2 Å². The van der Waals surface area contributed by atoms with Crippen LogP contribution in [0.25, 0.3) is 0 Å². The van der Waals surface area contributed by atoms with Crippen molar-refractivity contribution in [3.8, 4) is 0 Å². The molecule has 1 aromatic rings. The van der Waals surface area contributed by atoms with Gasteiger partial charge in [0.15, 0.2) is 5.44 Å². The maximum absolute atomic E-state index is 10.6. The number of rotatable bonds is 4. The Morgan fingerprint density at radius 2 is 2.00 bits per heavy atom. The van der Waals surface area contributed by atoms with Crippen LogP contribution in [-0.4, -0.2) is 25.2 Å². The maximum Gasteiger partial charge on any atom is 1.00 e. The SMILES string of the molecule is COCc1ccccc1C(O)S(=O)(=O)[O-].[Na+]. The molecule has 0 aliphatic rings. The number of hydrogen-bond acceptors (Lipinski definition) is 5. The van der Waals surface area contributed by atoms with Gasteiger partial charge in [-0.05, 0) is 5.56 Å². The van der Waals surface area contributed by atoms with Crippen molar-refractivity contribution in [2.75, 3.05) is 7.11 Å². The summed E-state index contributed by atoms with van der Waals surface area (Å²) in [5, 5.41) is 9.31. The van der Waals surface area contributed by atoms with Gasteiger partial charge in [-0.1, -0.05) is 24.3 Å². The van der Waals surface area contributed by atoms with Gasteiger partial charge < -0.3 is 14.4 Å². The average molecular weight is 254 g/mol. The fourth-order valence-electron chi connectivity index (χ4n) is 1.22. The van der Waals surface area contributed by atoms with E-state index in [1.54, 1.807) is 18.2 Å². The molecule has 16 heavy (non-hydrogen) atoms. The first-order valence-corrected chi connectivity index (χ1v) is 5.63. The summed E-state index contributed by atoms with van der Waals surface area (Å²) < 4.78 is 36.7. The van der Waals surface area contributed by atoms with Gasteiger partial charge in [0.2, 0.25) is 0 Å². The van der Waals surface area contributed by atoms with Gasteiger partial charge in [0.25, 0.3) is 0 Å². The summed E-state index contributed by atoms with van der Waals surface area (Å²) in [6, 6.07) is 6.19. The predicted molar refractivity (Wildman–Crippen MR) is 51.8 cm³/mol. The van der Waals surface area contributed by atoms with Crippen molar-refractivity contribution in [3.63, 3.8) is 0 Å². The van der Waals surface area contributed by atoms with E-state index < -0.39 is 15.6 Å². The Hall–Kier alpha value is 0.0500. The van der Waals surface area contributed by atoms with Crippen molar-refractivity contribution in [1.29, 1.82) is 0 Å². The fourth-order valence-corrected chi connectivity index (χ4v) is 1.76. The van der Waals surface area contributed by atoms with Gasteiger partial charge in [-0.25, -0.2) is 8.42 Å². The van der Waals surface area contributed by atoms with Crippen LogP contribution in [-0.2, 0) is 21.5 Å². The van der Waals surface area contributed by atoms with Gasteiger partial charge in [0.05, 0.1) is 6.61 Å². The van der Waals surface area contributed by atoms with Crippen molar-refractivity contribution < 1.29 is 52.4 Å². The van der Waals surface area contributed by atoms with Crippen LogP contribution in [0, 0.1) is 0 Å². The molecule has 0 radical (unpaired) electrons. The van der Waals surface area contributed by atoms with E-state index in [9.17, 15) is 18.1 Å². The Kier molecular flexibility index (Phi) is 6.73. The van der Waals surface area contributed by atoms with Gasteiger partial charge >= 0.3 is 29.6 Å². The van der Waals surface area contributed by atoms with Gasteiger partial charge in [-0.2, -0.15) is 0 Å². The minimum Gasteiger partial charge on any atom is -0.746 e. The Labute approximate surface area is 116 Å². The maximum atomic E-state index is 10.6. The molecule has 7 heteroatoms. The molecule has 0 saturated carbocycles. The second kappa shape index (κ2) is 6.70. The monoisotopic (exact) mass is 254 g/mol. The molecule has 5 nitrogen and oxygen atoms in total. The van der Waals surface area contributed by atoms with Gasteiger partial charge in [-0.3, -0.25) is 0 Å². The van der Waals surface area contributed by atoms with Crippen molar-refractivity contribution in [2.45, 2.75) is 12.0 Å². The number of benzene rings is 1. The molecule has 0 spiro atoms. The zero-order valence-corrected chi connectivity index (χ0v) is 11.9.